The zero-order valence-corrected chi connectivity index (χ0v) is 12.2. The van der Waals surface area contributed by atoms with Crippen LogP contribution in [0.25, 0.3) is 16.6 Å². The van der Waals surface area contributed by atoms with E-state index in [0.29, 0.717) is 5.69 Å². The molecule has 0 fully saturated rings. The highest BCUT2D eigenvalue weighted by atomic mass is 16.5. The Morgan fingerprint density at radius 3 is 2.76 bits per heavy atom. The van der Waals surface area contributed by atoms with Crippen molar-refractivity contribution >= 4 is 11.8 Å². The van der Waals surface area contributed by atoms with Crippen molar-refractivity contribution in [3.8, 4) is 16.9 Å². The lowest BCUT2D eigenvalue weighted by atomic mass is 10.0. The summed E-state index contributed by atoms with van der Waals surface area (Å²) < 4.78 is 7.28. The van der Waals surface area contributed by atoms with Gasteiger partial charge in [-0.05, 0) is 47.9 Å². The first-order chi connectivity index (χ1) is 10.3. The number of pyridine rings is 1. The molecule has 0 saturated carbocycles. The molecule has 0 atom stereocenters. The number of rotatable bonds is 4. The highest BCUT2D eigenvalue weighted by Crippen LogP contribution is 2.31. The van der Waals surface area contributed by atoms with Crippen LogP contribution in [0.15, 0.2) is 48.7 Å². The molecule has 2 heterocycles. The van der Waals surface area contributed by atoms with Gasteiger partial charge in [-0.3, -0.25) is 4.79 Å². The topological polar surface area (TPSA) is 30.7 Å². The molecular weight excluding hydrogens is 262 g/mol. The van der Waals surface area contributed by atoms with Crippen LogP contribution in [0.1, 0.15) is 23.0 Å². The fourth-order valence-electron chi connectivity index (χ4n) is 2.72. The number of benzene rings is 1. The lowest BCUT2D eigenvalue weighted by Crippen LogP contribution is -1.94. The number of hydrogen-bond donors (Lipinski definition) is 0. The first-order valence-corrected chi connectivity index (χ1v) is 7.01. The van der Waals surface area contributed by atoms with Crippen LogP contribution in [0, 0.1) is 0 Å². The third-order valence-electron chi connectivity index (χ3n) is 3.80. The van der Waals surface area contributed by atoms with Crippen LogP contribution in [0.5, 0.6) is 5.75 Å². The Morgan fingerprint density at radius 2 is 2.05 bits per heavy atom. The van der Waals surface area contributed by atoms with E-state index in [-0.39, 0.29) is 0 Å². The monoisotopic (exact) mass is 279 g/mol. The van der Waals surface area contributed by atoms with Crippen molar-refractivity contribution in [3.63, 3.8) is 0 Å². The van der Waals surface area contributed by atoms with Crippen molar-refractivity contribution in [1.29, 1.82) is 0 Å². The van der Waals surface area contributed by atoms with Gasteiger partial charge in [0.25, 0.3) is 0 Å². The Bertz CT molecular complexity index is 802. The van der Waals surface area contributed by atoms with Crippen molar-refractivity contribution in [1.82, 2.24) is 4.40 Å². The zero-order valence-electron chi connectivity index (χ0n) is 12.2. The molecule has 21 heavy (non-hydrogen) atoms. The van der Waals surface area contributed by atoms with E-state index in [1.165, 1.54) is 0 Å². The highest BCUT2D eigenvalue weighted by Gasteiger charge is 2.12. The van der Waals surface area contributed by atoms with Crippen molar-refractivity contribution < 1.29 is 9.53 Å². The van der Waals surface area contributed by atoms with Gasteiger partial charge in [0.05, 0.1) is 12.8 Å². The maximum Gasteiger partial charge on any atom is 0.167 e. The van der Waals surface area contributed by atoms with Crippen LogP contribution in [0.4, 0.5) is 0 Å². The van der Waals surface area contributed by atoms with Crippen molar-refractivity contribution in [2.45, 2.75) is 13.3 Å². The number of methoxy groups -OCH3 is 1. The molecule has 1 aromatic carbocycles. The van der Waals surface area contributed by atoms with E-state index >= 15 is 0 Å². The van der Waals surface area contributed by atoms with E-state index in [1.807, 2.05) is 47.0 Å². The van der Waals surface area contributed by atoms with E-state index < -0.39 is 0 Å². The highest BCUT2D eigenvalue weighted by molar-refractivity contribution is 5.90. The average molecular weight is 279 g/mol. The second-order valence-electron chi connectivity index (χ2n) is 4.94. The van der Waals surface area contributed by atoms with E-state index in [2.05, 4.69) is 13.0 Å². The number of carbonyl (C=O) groups excluding carboxylic acids is 1. The first-order valence-electron chi connectivity index (χ1n) is 7.01. The second kappa shape index (κ2) is 5.44. The minimum Gasteiger partial charge on any atom is -0.496 e. The van der Waals surface area contributed by atoms with Crippen molar-refractivity contribution in [2.24, 2.45) is 0 Å². The maximum atomic E-state index is 11.5. The summed E-state index contributed by atoms with van der Waals surface area (Å²) in [7, 11) is 1.68. The molecule has 0 saturated heterocycles. The molecule has 3 aromatic rings. The number of hydrogen-bond acceptors (Lipinski definition) is 2. The zero-order chi connectivity index (χ0) is 14.8. The summed E-state index contributed by atoms with van der Waals surface area (Å²) in [6, 6.07) is 14.0. The fraction of sp³-hybridized carbons (Fsp3) is 0.167. The van der Waals surface area contributed by atoms with Gasteiger partial charge in [0.15, 0.2) is 6.29 Å². The molecule has 0 bridgehead atoms. The lowest BCUT2D eigenvalue weighted by Gasteiger charge is -2.09. The molecule has 3 rings (SSSR count). The third kappa shape index (κ3) is 2.21. The average Bonchev–Trinajstić information content (AvgIpc) is 2.92. The molecule has 0 aliphatic rings. The summed E-state index contributed by atoms with van der Waals surface area (Å²) in [6.45, 7) is 2.10. The van der Waals surface area contributed by atoms with Gasteiger partial charge in [0, 0.05) is 17.3 Å². The number of carbonyl (C=O) groups is 1. The van der Waals surface area contributed by atoms with E-state index in [9.17, 15) is 4.79 Å². The Labute approximate surface area is 123 Å². The van der Waals surface area contributed by atoms with Gasteiger partial charge in [-0.15, -0.1) is 0 Å². The summed E-state index contributed by atoms with van der Waals surface area (Å²) in [4.78, 5) is 11.5. The molecule has 0 unspecified atom stereocenters. The first kappa shape index (κ1) is 13.4. The predicted octanol–water partition coefficient (Wildman–Crippen LogP) is 3.99. The molecule has 3 heteroatoms. The molecule has 0 aliphatic heterocycles. The minimum absolute atomic E-state index is 0.679. The Balaban J connectivity index is 2.22. The third-order valence-corrected chi connectivity index (χ3v) is 3.80. The van der Waals surface area contributed by atoms with Gasteiger partial charge in [0.1, 0.15) is 5.75 Å². The number of fused-ring (bicyclic) bond motifs is 1. The minimum atomic E-state index is 0.679. The van der Waals surface area contributed by atoms with Crippen LogP contribution in [-0.4, -0.2) is 17.8 Å². The number of aldehydes is 1. The van der Waals surface area contributed by atoms with E-state index in [4.69, 9.17) is 4.74 Å². The van der Waals surface area contributed by atoms with Crippen molar-refractivity contribution in [3.05, 3.63) is 59.9 Å². The van der Waals surface area contributed by atoms with Gasteiger partial charge in [-0.2, -0.15) is 0 Å². The van der Waals surface area contributed by atoms with Crippen LogP contribution in [0.2, 0.25) is 0 Å². The van der Waals surface area contributed by atoms with Crippen molar-refractivity contribution in [2.75, 3.05) is 7.11 Å². The maximum absolute atomic E-state index is 11.5. The fourth-order valence-corrected chi connectivity index (χ4v) is 2.72. The molecule has 0 radical (unpaired) electrons. The Kier molecular flexibility index (Phi) is 3.48. The molecule has 0 N–H and O–H groups in total. The van der Waals surface area contributed by atoms with Gasteiger partial charge in [-0.25, -0.2) is 0 Å². The molecule has 3 nitrogen and oxygen atoms in total. The van der Waals surface area contributed by atoms with Crippen LogP contribution >= 0.6 is 0 Å². The summed E-state index contributed by atoms with van der Waals surface area (Å²) in [5.41, 5.74) is 4.83. The number of nitrogens with zero attached hydrogens (tertiary/aromatic N) is 1. The van der Waals surface area contributed by atoms with Gasteiger partial charge < -0.3 is 9.14 Å². The smallest absolute Gasteiger partial charge is 0.167 e. The second-order valence-corrected chi connectivity index (χ2v) is 4.94. The van der Waals surface area contributed by atoms with Crippen LogP contribution < -0.4 is 4.74 Å². The van der Waals surface area contributed by atoms with Gasteiger partial charge in [0.2, 0.25) is 0 Å². The van der Waals surface area contributed by atoms with Crippen LogP contribution in [0.3, 0.4) is 0 Å². The number of ether oxygens (including phenoxy) is 1. The SMILES string of the molecule is CCc1cc(-c2cc3ccccn3c2C=O)ccc1OC. The largest absolute Gasteiger partial charge is 0.496 e. The Hall–Kier alpha value is -2.55. The summed E-state index contributed by atoms with van der Waals surface area (Å²) in [5.74, 6) is 0.887. The van der Waals surface area contributed by atoms with Crippen LogP contribution in [-0.2, 0) is 6.42 Å². The molecule has 0 aliphatic carbocycles. The molecule has 106 valence electrons. The standard InChI is InChI=1S/C18H17NO2/c1-3-13-10-14(7-8-18(13)21-2)16-11-15-6-4-5-9-19(15)17(16)12-20/h4-12H,3H2,1-2H3. The normalized spacial score (nSPS) is 10.8. The quantitative estimate of drug-likeness (QED) is 0.676. The lowest BCUT2D eigenvalue weighted by molar-refractivity contribution is 0.111. The Morgan fingerprint density at radius 1 is 1.19 bits per heavy atom. The number of aryl methyl sites for hydroxylation is 1. The van der Waals surface area contributed by atoms with Gasteiger partial charge in [-0.1, -0.05) is 19.1 Å². The molecule has 2 aromatic heterocycles. The molecule has 0 amide bonds. The van der Waals surface area contributed by atoms with E-state index in [1.54, 1.807) is 7.11 Å². The summed E-state index contributed by atoms with van der Waals surface area (Å²) in [5, 5.41) is 0. The van der Waals surface area contributed by atoms with E-state index in [0.717, 1.165) is 40.7 Å². The van der Waals surface area contributed by atoms with Gasteiger partial charge >= 0.3 is 0 Å². The summed E-state index contributed by atoms with van der Waals surface area (Å²) in [6.07, 6.45) is 3.71. The molecule has 0 spiro atoms. The summed E-state index contributed by atoms with van der Waals surface area (Å²) >= 11 is 0. The predicted molar refractivity (Wildman–Crippen MR) is 84.2 cm³/mol. The number of aromatic nitrogens is 1. The molecular formula is C18H17NO2.